The molecule has 0 bridgehead atoms. The van der Waals surface area contributed by atoms with E-state index >= 15 is 0 Å². The van der Waals surface area contributed by atoms with Crippen LogP contribution in [-0.2, 0) is 0 Å². The van der Waals surface area contributed by atoms with Crippen molar-refractivity contribution in [1.82, 2.24) is 4.98 Å². The van der Waals surface area contributed by atoms with Crippen molar-refractivity contribution in [2.45, 2.75) is 33.6 Å². The maximum atomic E-state index is 11.2. The largest absolute Gasteiger partial charge is 0.475 e. The van der Waals surface area contributed by atoms with E-state index in [0.29, 0.717) is 11.6 Å². The molecule has 1 heterocycles. The second-order valence-corrected chi connectivity index (χ2v) is 4.99. The Morgan fingerprint density at radius 1 is 1.26 bits per heavy atom. The van der Waals surface area contributed by atoms with E-state index in [2.05, 4.69) is 4.98 Å². The Bertz CT molecular complexity index is 626. The van der Waals surface area contributed by atoms with E-state index in [-0.39, 0.29) is 11.7 Å². The normalized spacial score (nSPS) is 11.0. The molecule has 4 nitrogen and oxygen atoms in total. The number of hydrogen-bond donors (Lipinski definition) is 1. The third-order valence-electron chi connectivity index (χ3n) is 3.15. The van der Waals surface area contributed by atoms with Crippen LogP contribution in [0.4, 0.5) is 0 Å². The number of carboxylic acid groups (broad SMARTS) is 1. The average Bonchev–Trinajstić information content (AvgIpc) is 2.78. The van der Waals surface area contributed by atoms with E-state index in [9.17, 15) is 4.79 Å². The summed E-state index contributed by atoms with van der Waals surface area (Å²) >= 11 is 0. The molecule has 0 aliphatic carbocycles. The number of aromatic nitrogens is 1. The first-order valence-electron chi connectivity index (χ1n) is 6.21. The van der Waals surface area contributed by atoms with Crippen LogP contribution in [0.2, 0.25) is 0 Å². The molecule has 2 aromatic rings. The van der Waals surface area contributed by atoms with Gasteiger partial charge < -0.3 is 9.52 Å². The van der Waals surface area contributed by atoms with E-state index in [1.807, 2.05) is 45.9 Å². The highest BCUT2D eigenvalue weighted by Crippen LogP contribution is 2.27. The first kappa shape index (κ1) is 13.3. The molecule has 0 saturated carbocycles. The van der Waals surface area contributed by atoms with Crippen molar-refractivity contribution in [1.29, 1.82) is 0 Å². The number of carboxylic acids is 1. The number of oxazole rings is 1. The molecule has 2 rings (SSSR count). The molecule has 0 saturated heterocycles. The monoisotopic (exact) mass is 259 g/mol. The summed E-state index contributed by atoms with van der Waals surface area (Å²) in [5, 5.41) is 9.14. The van der Waals surface area contributed by atoms with Crippen LogP contribution >= 0.6 is 0 Å². The van der Waals surface area contributed by atoms with Gasteiger partial charge in [0.25, 0.3) is 0 Å². The summed E-state index contributed by atoms with van der Waals surface area (Å²) in [4.78, 5) is 15.5. The molecule has 0 atom stereocenters. The van der Waals surface area contributed by atoms with Crippen LogP contribution in [-0.4, -0.2) is 16.1 Å². The third-order valence-corrected chi connectivity index (χ3v) is 3.15. The zero-order chi connectivity index (χ0) is 14.2. The minimum atomic E-state index is -1.08. The Morgan fingerprint density at radius 3 is 2.42 bits per heavy atom. The number of hydrogen-bond acceptors (Lipinski definition) is 3. The standard InChI is InChI=1S/C15H17NO3/c1-8(2)12-13(15(17)18)19-14(16-12)11-6-5-9(3)10(4)7-11/h5-8H,1-4H3,(H,17,18). The van der Waals surface area contributed by atoms with Gasteiger partial charge in [-0.3, -0.25) is 0 Å². The highest BCUT2D eigenvalue weighted by Gasteiger charge is 2.22. The Hall–Kier alpha value is -2.10. The Kier molecular flexibility index (Phi) is 3.42. The van der Waals surface area contributed by atoms with Crippen molar-refractivity contribution in [2.75, 3.05) is 0 Å². The van der Waals surface area contributed by atoms with Crippen LogP contribution in [0.25, 0.3) is 11.5 Å². The van der Waals surface area contributed by atoms with Gasteiger partial charge in [-0.15, -0.1) is 0 Å². The van der Waals surface area contributed by atoms with Gasteiger partial charge in [-0.05, 0) is 43.0 Å². The molecule has 19 heavy (non-hydrogen) atoms. The molecule has 1 N–H and O–H groups in total. The van der Waals surface area contributed by atoms with Gasteiger partial charge in [-0.25, -0.2) is 9.78 Å². The smallest absolute Gasteiger partial charge is 0.373 e. The Labute approximate surface area is 112 Å². The van der Waals surface area contributed by atoms with E-state index in [4.69, 9.17) is 9.52 Å². The average molecular weight is 259 g/mol. The van der Waals surface area contributed by atoms with E-state index < -0.39 is 5.97 Å². The minimum Gasteiger partial charge on any atom is -0.475 e. The summed E-state index contributed by atoms with van der Waals surface area (Å²) in [6.07, 6.45) is 0. The summed E-state index contributed by atoms with van der Waals surface area (Å²) < 4.78 is 5.41. The van der Waals surface area contributed by atoms with Gasteiger partial charge in [0.2, 0.25) is 11.7 Å². The summed E-state index contributed by atoms with van der Waals surface area (Å²) in [5.74, 6) is -0.770. The van der Waals surface area contributed by atoms with Crippen LogP contribution in [0.15, 0.2) is 22.6 Å². The summed E-state index contributed by atoms with van der Waals surface area (Å²) in [5.41, 5.74) is 3.59. The van der Waals surface area contributed by atoms with Crippen molar-refractivity contribution in [2.24, 2.45) is 0 Å². The second kappa shape index (κ2) is 4.88. The lowest BCUT2D eigenvalue weighted by molar-refractivity contribution is 0.0661. The quantitative estimate of drug-likeness (QED) is 0.911. The van der Waals surface area contributed by atoms with Crippen molar-refractivity contribution in [3.63, 3.8) is 0 Å². The zero-order valence-corrected chi connectivity index (χ0v) is 11.5. The molecule has 1 aromatic carbocycles. The highest BCUT2D eigenvalue weighted by molar-refractivity contribution is 5.86. The molecule has 0 aliphatic rings. The first-order chi connectivity index (χ1) is 8.90. The summed E-state index contributed by atoms with van der Waals surface area (Å²) in [6.45, 7) is 7.82. The molecular weight excluding hydrogens is 242 g/mol. The number of aryl methyl sites for hydroxylation is 2. The third kappa shape index (κ3) is 2.52. The lowest BCUT2D eigenvalue weighted by Gasteiger charge is -2.01. The molecule has 4 heteroatoms. The maximum Gasteiger partial charge on any atom is 0.373 e. The SMILES string of the molecule is Cc1ccc(-c2nc(C(C)C)c(C(=O)O)o2)cc1C. The van der Waals surface area contributed by atoms with Crippen molar-refractivity contribution < 1.29 is 14.3 Å². The van der Waals surface area contributed by atoms with E-state index in [1.165, 1.54) is 5.56 Å². The fourth-order valence-corrected chi connectivity index (χ4v) is 1.87. The molecule has 0 spiro atoms. The second-order valence-electron chi connectivity index (χ2n) is 4.99. The van der Waals surface area contributed by atoms with Crippen LogP contribution < -0.4 is 0 Å². The topological polar surface area (TPSA) is 63.3 Å². The Morgan fingerprint density at radius 2 is 1.95 bits per heavy atom. The van der Waals surface area contributed by atoms with Gasteiger partial charge in [0.15, 0.2) is 0 Å². The predicted molar refractivity (Wildman–Crippen MR) is 72.5 cm³/mol. The van der Waals surface area contributed by atoms with E-state index in [1.54, 1.807) is 0 Å². The van der Waals surface area contributed by atoms with Crippen LogP contribution in [0.5, 0.6) is 0 Å². The van der Waals surface area contributed by atoms with Gasteiger partial charge in [-0.1, -0.05) is 19.9 Å². The van der Waals surface area contributed by atoms with Crippen LogP contribution in [0.1, 0.15) is 47.1 Å². The number of aromatic carboxylic acids is 1. The number of nitrogens with zero attached hydrogens (tertiary/aromatic N) is 1. The van der Waals surface area contributed by atoms with Crippen LogP contribution in [0.3, 0.4) is 0 Å². The van der Waals surface area contributed by atoms with Gasteiger partial charge in [-0.2, -0.15) is 0 Å². The summed E-state index contributed by atoms with van der Waals surface area (Å²) in [7, 11) is 0. The maximum absolute atomic E-state index is 11.2. The Balaban J connectivity index is 2.54. The lowest BCUT2D eigenvalue weighted by atomic mass is 10.1. The molecule has 0 amide bonds. The predicted octanol–water partition coefficient (Wildman–Crippen LogP) is 3.78. The zero-order valence-electron chi connectivity index (χ0n) is 11.5. The fraction of sp³-hybridized carbons (Fsp3) is 0.333. The molecule has 0 unspecified atom stereocenters. The number of benzene rings is 1. The van der Waals surface area contributed by atoms with Gasteiger partial charge in [0.1, 0.15) is 0 Å². The fourth-order valence-electron chi connectivity index (χ4n) is 1.87. The molecule has 1 aromatic heterocycles. The highest BCUT2D eigenvalue weighted by atomic mass is 16.4. The van der Waals surface area contributed by atoms with Crippen molar-refractivity contribution >= 4 is 5.97 Å². The summed E-state index contributed by atoms with van der Waals surface area (Å²) in [6, 6.07) is 5.82. The van der Waals surface area contributed by atoms with Crippen molar-refractivity contribution in [3.05, 3.63) is 40.8 Å². The first-order valence-corrected chi connectivity index (χ1v) is 6.21. The molecule has 0 radical (unpaired) electrons. The molecular formula is C15H17NO3. The van der Waals surface area contributed by atoms with Gasteiger partial charge in [0, 0.05) is 5.56 Å². The van der Waals surface area contributed by atoms with Gasteiger partial charge in [0.05, 0.1) is 5.69 Å². The van der Waals surface area contributed by atoms with Crippen molar-refractivity contribution in [3.8, 4) is 11.5 Å². The number of rotatable bonds is 3. The molecule has 100 valence electrons. The molecule has 0 fully saturated rings. The van der Waals surface area contributed by atoms with Gasteiger partial charge >= 0.3 is 5.97 Å². The van der Waals surface area contributed by atoms with E-state index in [0.717, 1.165) is 11.1 Å². The molecule has 0 aliphatic heterocycles. The number of carbonyl (C=O) groups is 1. The minimum absolute atomic E-state index is 0.00939. The lowest BCUT2D eigenvalue weighted by Crippen LogP contribution is -2.01. The van der Waals surface area contributed by atoms with Crippen LogP contribution in [0, 0.1) is 13.8 Å².